The van der Waals surface area contributed by atoms with Gasteiger partial charge in [-0.3, -0.25) is 4.79 Å². The molecule has 1 aromatic carbocycles. The van der Waals surface area contributed by atoms with Gasteiger partial charge in [0.1, 0.15) is 23.6 Å². The van der Waals surface area contributed by atoms with Gasteiger partial charge in [-0.1, -0.05) is 0 Å². The number of rotatable bonds is 3. The molecule has 0 saturated carbocycles. The lowest BCUT2D eigenvalue weighted by Gasteiger charge is -2.37. The summed E-state index contributed by atoms with van der Waals surface area (Å²) in [4.78, 5) is 28.4. The number of H-pyrrole nitrogens is 1. The van der Waals surface area contributed by atoms with Gasteiger partial charge in [-0.2, -0.15) is 0 Å². The molecule has 1 amide bonds. The molecule has 1 aliphatic heterocycles. The molecule has 2 aromatic heterocycles. The second-order valence-electron chi connectivity index (χ2n) is 6.58. The zero-order chi connectivity index (χ0) is 18.1. The molecule has 0 unspecified atom stereocenters. The molecular weight excluding hydrogens is 333 g/mol. The Morgan fingerprint density at radius 3 is 2.65 bits per heavy atom. The third-order valence-corrected chi connectivity index (χ3v) is 5.06. The highest BCUT2D eigenvalue weighted by Gasteiger charge is 2.27. The highest BCUT2D eigenvalue weighted by atomic mass is 19.1. The summed E-state index contributed by atoms with van der Waals surface area (Å²) >= 11 is 0. The number of aromatic nitrogens is 3. The van der Waals surface area contributed by atoms with E-state index in [0.717, 1.165) is 29.7 Å². The van der Waals surface area contributed by atoms with Crippen LogP contribution in [-0.4, -0.2) is 51.9 Å². The highest BCUT2D eigenvalue weighted by molar-refractivity contribution is 5.94. The van der Waals surface area contributed by atoms with E-state index in [2.05, 4.69) is 19.9 Å². The van der Waals surface area contributed by atoms with Crippen LogP contribution in [-0.2, 0) is 0 Å². The summed E-state index contributed by atoms with van der Waals surface area (Å²) in [6.07, 6.45) is 5.15. The van der Waals surface area contributed by atoms with Crippen molar-refractivity contribution in [2.24, 2.45) is 0 Å². The minimum absolute atomic E-state index is 0.0406. The zero-order valence-electron chi connectivity index (χ0n) is 14.5. The van der Waals surface area contributed by atoms with Crippen LogP contribution in [0.1, 0.15) is 23.2 Å². The van der Waals surface area contributed by atoms with Gasteiger partial charge in [0.05, 0.1) is 5.39 Å². The summed E-state index contributed by atoms with van der Waals surface area (Å²) in [5.41, 5.74) is 1.36. The number of carbonyl (C=O) groups excluding carboxylic acids is 1. The SMILES string of the molecule is CN(c1ncnc2[nH]ccc12)C1CCN(C(=O)c2ccc(F)cc2)CC1. The molecule has 1 fully saturated rings. The summed E-state index contributed by atoms with van der Waals surface area (Å²) in [7, 11) is 2.04. The van der Waals surface area contributed by atoms with Crippen molar-refractivity contribution in [2.75, 3.05) is 25.0 Å². The topological polar surface area (TPSA) is 65.1 Å². The van der Waals surface area contributed by atoms with Crippen molar-refractivity contribution in [2.45, 2.75) is 18.9 Å². The van der Waals surface area contributed by atoms with Crippen LogP contribution in [0.25, 0.3) is 11.0 Å². The molecule has 0 aliphatic carbocycles. The lowest BCUT2D eigenvalue weighted by atomic mass is 10.0. The van der Waals surface area contributed by atoms with Crippen LogP contribution in [0, 0.1) is 5.82 Å². The number of fused-ring (bicyclic) bond motifs is 1. The van der Waals surface area contributed by atoms with Gasteiger partial charge in [-0.05, 0) is 43.2 Å². The Labute approximate surface area is 150 Å². The maximum Gasteiger partial charge on any atom is 0.253 e. The lowest BCUT2D eigenvalue weighted by molar-refractivity contribution is 0.0713. The Morgan fingerprint density at radius 1 is 1.19 bits per heavy atom. The number of benzene rings is 1. The number of hydrogen-bond acceptors (Lipinski definition) is 4. The van der Waals surface area contributed by atoms with E-state index in [1.807, 2.05) is 24.2 Å². The highest BCUT2D eigenvalue weighted by Crippen LogP contribution is 2.26. The number of aromatic amines is 1. The Morgan fingerprint density at radius 2 is 1.92 bits per heavy atom. The second-order valence-corrected chi connectivity index (χ2v) is 6.58. The fraction of sp³-hybridized carbons (Fsp3) is 0.316. The predicted octanol–water partition coefficient (Wildman–Crippen LogP) is 2.84. The maximum atomic E-state index is 13.0. The van der Waals surface area contributed by atoms with E-state index in [4.69, 9.17) is 0 Å². The van der Waals surface area contributed by atoms with E-state index < -0.39 is 0 Å². The standard InChI is InChI=1S/C19H20FN5O/c1-24(18-16-6-9-21-17(16)22-12-23-18)15-7-10-25(11-8-15)19(26)13-2-4-14(20)5-3-13/h2-6,9,12,15H,7-8,10-11H2,1H3,(H,21,22,23). The fourth-order valence-corrected chi connectivity index (χ4v) is 3.54. The lowest BCUT2D eigenvalue weighted by Crippen LogP contribution is -2.46. The molecule has 0 spiro atoms. The number of hydrogen-bond donors (Lipinski definition) is 1. The Kier molecular flexibility index (Phi) is 4.28. The molecular formula is C19H20FN5O. The van der Waals surface area contributed by atoms with Crippen molar-refractivity contribution < 1.29 is 9.18 Å². The van der Waals surface area contributed by atoms with Crippen LogP contribution in [0.4, 0.5) is 10.2 Å². The molecule has 1 saturated heterocycles. The molecule has 134 valence electrons. The van der Waals surface area contributed by atoms with Gasteiger partial charge in [-0.25, -0.2) is 14.4 Å². The van der Waals surface area contributed by atoms with Crippen molar-refractivity contribution in [3.8, 4) is 0 Å². The fourth-order valence-electron chi connectivity index (χ4n) is 3.54. The Balaban J connectivity index is 1.44. The number of likely N-dealkylation sites (tertiary alicyclic amines) is 1. The second kappa shape index (κ2) is 6.74. The van der Waals surface area contributed by atoms with Crippen molar-refractivity contribution in [3.05, 3.63) is 54.2 Å². The number of anilines is 1. The normalized spacial score (nSPS) is 15.4. The monoisotopic (exact) mass is 353 g/mol. The van der Waals surface area contributed by atoms with Gasteiger partial charge in [0, 0.05) is 37.9 Å². The number of nitrogens with one attached hydrogen (secondary N) is 1. The first-order valence-electron chi connectivity index (χ1n) is 8.69. The van der Waals surface area contributed by atoms with Crippen molar-refractivity contribution >= 4 is 22.8 Å². The van der Waals surface area contributed by atoms with Gasteiger partial charge in [0.25, 0.3) is 5.91 Å². The molecule has 0 atom stereocenters. The number of piperidine rings is 1. The number of nitrogens with zero attached hydrogens (tertiary/aromatic N) is 4. The zero-order valence-corrected chi connectivity index (χ0v) is 14.5. The predicted molar refractivity (Wildman–Crippen MR) is 97.6 cm³/mol. The van der Waals surface area contributed by atoms with E-state index in [9.17, 15) is 9.18 Å². The molecule has 3 aromatic rings. The smallest absolute Gasteiger partial charge is 0.253 e. The van der Waals surface area contributed by atoms with E-state index in [1.165, 1.54) is 12.1 Å². The molecule has 6 nitrogen and oxygen atoms in total. The molecule has 3 heterocycles. The summed E-state index contributed by atoms with van der Waals surface area (Å²) in [6, 6.07) is 8.02. The molecule has 0 radical (unpaired) electrons. The van der Waals surface area contributed by atoms with Crippen molar-refractivity contribution in [1.29, 1.82) is 0 Å². The molecule has 7 heteroatoms. The molecule has 0 bridgehead atoms. The average molecular weight is 353 g/mol. The molecule has 1 N–H and O–H groups in total. The molecule has 1 aliphatic rings. The number of carbonyl (C=O) groups is 1. The minimum Gasteiger partial charge on any atom is -0.356 e. The first kappa shape index (κ1) is 16.5. The third-order valence-electron chi connectivity index (χ3n) is 5.06. The number of halogens is 1. The maximum absolute atomic E-state index is 13.0. The molecule has 4 rings (SSSR count). The Hall–Kier alpha value is -2.96. The van der Waals surface area contributed by atoms with Gasteiger partial charge < -0.3 is 14.8 Å². The minimum atomic E-state index is -0.331. The van der Waals surface area contributed by atoms with E-state index in [0.29, 0.717) is 24.7 Å². The van der Waals surface area contributed by atoms with Crippen LogP contribution in [0.2, 0.25) is 0 Å². The summed E-state index contributed by atoms with van der Waals surface area (Å²) in [6.45, 7) is 1.35. The van der Waals surface area contributed by atoms with Crippen molar-refractivity contribution in [1.82, 2.24) is 19.9 Å². The quantitative estimate of drug-likeness (QED) is 0.786. The van der Waals surface area contributed by atoms with Crippen LogP contribution < -0.4 is 4.90 Å². The number of amides is 1. The van der Waals surface area contributed by atoms with Gasteiger partial charge in [0.2, 0.25) is 0 Å². The first-order valence-corrected chi connectivity index (χ1v) is 8.69. The van der Waals surface area contributed by atoms with Gasteiger partial charge in [0.15, 0.2) is 0 Å². The Bertz CT molecular complexity index is 915. The molecule has 26 heavy (non-hydrogen) atoms. The van der Waals surface area contributed by atoms with Crippen molar-refractivity contribution in [3.63, 3.8) is 0 Å². The van der Waals surface area contributed by atoms with Crippen LogP contribution >= 0.6 is 0 Å². The summed E-state index contributed by atoms with van der Waals surface area (Å²) in [5, 5.41) is 1.000. The van der Waals surface area contributed by atoms with E-state index >= 15 is 0 Å². The van der Waals surface area contributed by atoms with Gasteiger partial charge >= 0.3 is 0 Å². The van der Waals surface area contributed by atoms with E-state index in [1.54, 1.807) is 18.5 Å². The van der Waals surface area contributed by atoms with Crippen LogP contribution in [0.3, 0.4) is 0 Å². The average Bonchev–Trinajstić information content (AvgIpc) is 3.16. The van der Waals surface area contributed by atoms with Crippen LogP contribution in [0.5, 0.6) is 0 Å². The van der Waals surface area contributed by atoms with E-state index in [-0.39, 0.29) is 11.7 Å². The third kappa shape index (κ3) is 3.00. The van der Waals surface area contributed by atoms with Crippen LogP contribution in [0.15, 0.2) is 42.9 Å². The largest absolute Gasteiger partial charge is 0.356 e. The summed E-state index contributed by atoms with van der Waals surface area (Å²) < 4.78 is 13.0. The summed E-state index contributed by atoms with van der Waals surface area (Å²) in [5.74, 6) is 0.531. The first-order chi connectivity index (χ1) is 12.6. The van der Waals surface area contributed by atoms with Gasteiger partial charge in [-0.15, -0.1) is 0 Å².